The molecule has 0 bridgehead atoms. The highest BCUT2D eigenvalue weighted by Gasteiger charge is 2.37. The summed E-state index contributed by atoms with van der Waals surface area (Å²) in [4.78, 5) is 0. The van der Waals surface area contributed by atoms with Crippen molar-refractivity contribution in [2.45, 2.75) is 83.8 Å². The zero-order valence-corrected chi connectivity index (χ0v) is 24.5. The number of benzene rings is 3. The minimum absolute atomic E-state index is 0.174. The molecule has 36 heavy (non-hydrogen) atoms. The van der Waals surface area contributed by atoms with E-state index in [1.165, 1.54) is 29.5 Å². The summed E-state index contributed by atoms with van der Waals surface area (Å²) in [5.74, 6) is 2.41. The SMILES string of the molecule is CCC(C)CC(CC(c1ccccc1)c1ccc(OCO[Si](C)(C)C(C)(C)C)cc1)c1ccccc1. The fourth-order valence-electron chi connectivity index (χ4n) is 4.44. The Morgan fingerprint density at radius 2 is 1.25 bits per heavy atom. The molecule has 0 radical (unpaired) electrons. The summed E-state index contributed by atoms with van der Waals surface area (Å²) >= 11 is 0. The van der Waals surface area contributed by atoms with Crippen molar-refractivity contribution in [2.75, 3.05) is 6.79 Å². The maximum Gasteiger partial charge on any atom is 0.196 e. The summed E-state index contributed by atoms with van der Waals surface area (Å²) in [6.07, 6.45) is 3.51. The van der Waals surface area contributed by atoms with Crippen molar-refractivity contribution in [3.63, 3.8) is 0 Å². The van der Waals surface area contributed by atoms with Gasteiger partial charge in [-0.2, -0.15) is 0 Å². The molecule has 194 valence electrons. The second-order valence-corrected chi connectivity index (χ2v) is 16.6. The first kappa shape index (κ1) is 28.2. The van der Waals surface area contributed by atoms with Gasteiger partial charge >= 0.3 is 0 Å². The van der Waals surface area contributed by atoms with Crippen LogP contribution < -0.4 is 4.74 Å². The lowest BCUT2D eigenvalue weighted by molar-refractivity contribution is 0.106. The lowest BCUT2D eigenvalue weighted by Crippen LogP contribution is -2.41. The van der Waals surface area contributed by atoms with Crippen LogP contribution >= 0.6 is 0 Å². The third kappa shape index (κ3) is 7.82. The first-order valence-electron chi connectivity index (χ1n) is 13.6. The van der Waals surface area contributed by atoms with Gasteiger partial charge in [0.1, 0.15) is 5.75 Å². The van der Waals surface area contributed by atoms with Crippen LogP contribution in [0.2, 0.25) is 18.1 Å². The molecule has 0 amide bonds. The molecule has 3 rings (SSSR count). The third-order valence-corrected chi connectivity index (χ3v) is 12.6. The monoisotopic (exact) mass is 502 g/mol. The lowest BCUT2D eigenvalue weighted by atomic mass is 9.77. The van der Waals surface area contributed by atoms with Crippen molar-refractivity contribution in [3.8, 4) is 5.75 Å². The number of hydrogen-bond donors (Lipinski definition) is 0. The molecule has 2 nitrogen and oxygen atoms in total. The van der Waals surface area contributed by atoms with Crippen LogP contribution in [0.4, 0.5) is 0 Å². The summed E-state index contributed by atoms with van der Waals surface area (Å²) in [6, 6.07) is 30.7. The third-order valence-electron chi connectivity index (χ3n) is 8.11. The van der Waals surface area contributed by atoms with Gasteiger partial charge in [0.25, 0.3) is 0 Å². The van der Waals surface area contributed by atoms with Crippen LogP contribution in [0.5, 0.6) is 5.75 Å². The van der Waals surface area contributed by atoms with Crippen molar-refractivity contribution < 1.29 is 9.16 Å². The average molecular weight is 503 g/mol. The van der Waals surface area contributed by atoms with Gasteiger partial charge in [-0.3, -0.25) is 0 Å². The van der Waals surface area contributed by atoms with Gasteiger partial charge < -0.3 is 9.16 Å². The Hall–Kier alpha value is -2.36. The first-order chi connectivity index (χ1) is 17.1. The van der Waals surface area contributed by atoms with E-state index in [2.05, 4.69) is 133 Å². The minimum Gasteiger partial charge on any atom is -0.469 e. The van der Waals surface area contributed by atoms with Crippen LogP contribution in [0.3, 0.4) is 0 Å². The van der Waals surface area contributed by atoms with Gasteiger partial charge in [0.2, 0.25) is 0 Å². The van der Waals surface area contributed by atoms with Crippen LogP contribution in [0, 0.1) is 5.92 Å². The summed E-state index contributed by atoms with van der Waals surface area (Å²) in [6.45, 7) is 16.3. The molecule has 0 N–H and O–H groups in total. The standard InChI is InChI=1S/C33H46O2Si/c1-8-26(2)23-30(27-15-11-9-12-16-27)24-32(28-17-13-10-14-18-28)29-19-21-31(22-20-29)34-25-35-36(6,7)33(3,4)5/h9-22,26,30,32H,8,23-25H2,1-7H3. The predicted octanol–water partition coefficient (Wildman–Crippen LogP) is 9.79. The molecule has 3 aromatic carbocycles. The highest BCUT2D eigenvalue weighted by Crippen LogP contribution is 2.39. The molecule has 0 fully saturated rings. The van der Waals surface area contributed by atoms with Crippen LogP contribution in [-0.2, 0) is 4.43 Å². The van der Waals surface area contributed by atoms with Crippen molar-refractivity contribution in [2.24, 2.45) is 5.92 Å². The van der Waals surface area contributed by atoms with E-state index < -0.39 is 8.32 Å². The van der Waals surface area contributed by atoms with Gasteiger partial charge in [-0.25, -0.2) is 0 Å². The Kier molecular flexibility index (Phi) is 9.98. The molecule has 0 spiro atoms. The Labute approximate surface area is 221 Å². The van der Waals surface area contributed by atoms with Gasteiger partial charge in [0.05, 0.1) is 0 Å². The lowest BCUT2D eigenvalue weighted by Gasteiger charge is -2.35. The van der Waals surface area contributed by atoms with Crippen LogP contribution in [0.25, 0.3) is 0 Å². The Morgan fingerprint density at radius 3 is 1.78 bits per heavy atom. The first-order valence-corrected chi connectivity index (χ1v) is 16.5. The highest BCUT2D eigenvalue weighted by molar-refractivity contribution is 6.74. The van der Waals surface area contributed by atoms with E-state index in [1.54, 1.807) is 0 Å². The summed E-state index contributed by atoms with van der Waals surface area (Å²) < 4.78 is 12.2. The van der Waals surface area contributed by atoms with E-state index in [-0.39, 0.29) is 5.04 Å². The molecule has 0 aliphatic carbocycles. The summed E-state index contributed by atoms with van der Waals surface area (Å²) in [7, 11) is -1.82. The van der Waals surface area contributed by atoms with Gasteiger partial charge in [-0.1, -0.05) is 114 Å². The molecule has 3 heteroatoms. The zero-order valence-electron chi connectivity index (χ0n) is 23.5. The Balaban J connectivity index is 1.80. The molecule has 0 aliphatic heterocycles. The van der Waals surface area contributed by atoms with Gasteiger partial charge in [-0.05, 0) is 71.6 Å². The predicted molar refractivity (Wildman–Crippen MR) is 156 cm³/mol. The van der Waals surface area contributed by atoms with E-state index in [0.717, 1.165) is 12.2 Å². The number of rotatable bonds is 12. The molecule has 0 aliphatic rings. The quantitative estimate of drug-likeness (QED) is 0.181. The number of hydrogen-bond acceptors (Lipinski definition) is 2. The van der Waals surface area contributed by atoms with Gasteiger partial charge in [0, 0.05) is 5.92 Å². The van der Waals surface area contributed by atoms with Gasteiger partial charge in [-0.15, -0.1) is 0 Å². The second kappa shape index (κ2) is 12.7. The van der Waals surface area contributed by atoms with Crippen molar-refractivity contribution in [1.29, 1.82) is 0 Å². The van der Waals surface area contributed by atoms with E-state index in [4.69, 9.17) is 9.16 Å². The number of ether oxygens (including phenoxy) is 1. The minimum atomic E-state index is -1.82. The molecule has 3 aromatic rings. The fourth-order valence-corrected chi connectivity index (χ4v) is 5.22. The maximum absolute atomic E-state index is 6.21. The molecule has 3 atom stereocenters. The molecule has 0 heterocycles. The fraction of sp³-hybridized carbons (Fsp3) is 0.455. The Morgan fingerprint density at radius 1 is 0.722 bits per heavy atom. The smallest absolute Gasteiger partial charge is 0.196 e. The van der Waals surface area contributed by atoms with E-state index in [1.807, 2.05) is 0 Å². The highest BCUT2D eigenvalue weighted by atomic mass is 28.4. The normalized spacial score (nSPS) is 14.8. The van der Waals surface area contributed by atoms with Crippen molar-refractivity contribution >= 4 is 8.32 Å². The van der Waals surface area contributed by atoms with Crippen molar-refractivity contribution in [3.05, 3.63) is 102 Å². The van der Waals surface area contributed by atoms with Crippen LogP contribution in [-0.4, -0.2) is 15.1 Å². The molecule has 3 unspecified atom stereocenters. The molecular weight excluding hydrogens is 456 g/mol. The van der Waals surface area contributed by atoms with E-state index >= 15 is 0 Å². The van der Waals surface area contributed by atoms with Crippen LogP contribution in [0.15, 0.2) is 84.9 Å². The zero-order chi connectivity index (χ0) is 26.2. The average Bonchev–Trinajstić information content (AvgIpc) is 2.87. The maximum atomic E-state index is 6.21. The summed E-state index contributed by atoms with van der Waals surface area (Å²) in [5.41, 5.74) is 4.16. The Bertz CT molecular complexity index is 1020. The molecule has 0 aromatic heterocycles. The van der Waals surface area contributed by atoms with E-state index in [9.17, 15) is 0 Å². The topological polar surface area (TPSA) is 18.5 Å². The second-order valence-electron chi connectivity index (χ2n) is 11.8. The van der Waals surface area contributed by atoms with Gasteiger partial charge in [0.15, 0.2) is 15.1 Å². The molecule has 0 saturated carbocycles. The largest absolute Gasteiger partial charge is 0.469 e. The molecular formula is C33H46O2Si. The van der Waals surface area contributed by atoms with Crippen LogP contribution in [0.1, 0.15) is 82.4 Å². The molecule has 0 saturated heterocycles. The summed E-state index contributed by atoms with van der Waals surface area (Å²) in [5, 5.41) is 0.174. The van der Waals surface area contributed by atoms with E-state index in [0.29, 0.717) is 24.5 Å². The van der Waals surface area contributed by atoms with Crippen molar-refractivity contribution in [1.82, 2.24) is 0 Å².